The van der Waals surface area contributed by atoms with Gasteiger partial charge in [0.25, 0.3) is 5.91 Å². The Morgan fingerprint density at radius 1 is 0.906 bits per heavy atom. The highest BCUT2D eigenvalue weighted by atomic mass is 79.9. The molecule has 7 heteroatoms. The minimum absolute atomic E-state index is 0.0609. The van der Waals surface area contributed by atoms with Crippen molar-refractivity contribution in [2.24, 2.45) is 0 Å². The molecule has 0 saturated carbocycles. The predicted molar refractivity (Wildman–Crippen MR) is 133 cm³/mol. The number of hydrogen-bond donors (Lipinski definition) is 0. The molecular formula is C25H23BrCl2N2O2. The predicted octanol–water partition coefficient (Wildman–Crippen LogP) is 6.29. The molecule has 0 spiro atoms. The van der Waals surface area contributed by atoms with Gasteiger partial charge >= 0.3 is 0 Å². The Labute approximate surface area is 206 Å². The number of benzene rings is 3. The van der Waals surface area contributed by atoms with Crippen LogP contribution < -0.4 is 4.74 Å². The molecule has 0 atom stereocenters. The SMILES string of the molecule is O=C(c1ccc(COc2ccc(Br)cc2Cl)cc1)N1CCN(Cc2ccccc2Cl)CC1. The summed E-state index contributed by atoms with van der Waals surface area (Å²) in [6.07, 6.45) is 0. The van der Waals surface area contributed by atoms with Crippen LogP contribution in [0.1, 0.15) is 21.5 Å². The lowest BCUT2D eigenvalue weighted by Gasteiger charge is -2.35. The fourth-order valence-corrected chi connectivity index (χ4v) is 4.58. The van der Waals surface area contributed by atoms with Gasteiger partial charge in [-0.25, -0.2) is 0 Å². The summed E-state index contributed by atoms with van der Waals surface area (Å²) in [5.41, 5.74) is 2.79. The molecule has 1 heterocycles. The Bertz CT molecular complexity index is 1080. The number of amides is 1. The fraction of sp³-hybridized carbons (Fsp3) is 0.240. The number of nitrogens with zero attached hydrogens (tertiary/aromatic N) is 2. The normalized spacial score (nSPS) is 14.4. The molecule has 0 radical (unpaired) electrons. The van der Waals surface area contributed by atoms with E-state index in [0.29, 0.717) is 36.0 Å². The van der Waals surface area contributed by atoms with Gasteiger partial charge in [-0.15, -0.1) is 0 Å². The van der Waals surface area contributed by atoms with Gasteiger partial charge < -0.3 is 9.64 Å². The Morgan fingerprint density at radius 2 is 1.62 bits per heavy atom. The lowest BCUT2D eigenvalue weighted by molar-refractivity contribution is 0.0628. The summed E-state index contributed by atoms with van der Waals surface area (Å²) in [6.45, 7) is 4.26. The van der Waals surface area contributed by atoms with Crippen molar-refractivity contribution in [1.29, 1.82) is 0 Å². The van der Waals surface area contributed by atoms with Crippen LogP contribution in [0.2, 0.25) is 10.0 Å². The molecule has 4 nitrogen and oxygen atoms in total. The van der Waals surface area contributed by atoms with Crippen LogP contribution >= 0.6 is 39.1 Å². The standard InChI is InChI=1S/C25H23BrCl2N2O2/c26-21-9-10-24(23(28)15-21)32-17-18-5-7-19(8-6-18)25(31)30-13-11-29(12-14-30)16-20-3-1-2-4-22(20)27/h1-10,15H,11-14,16-17H2. The maximum absolute atomic E-state index is 12.9. The Morgan fingerprint density at radius 3 is 2.31 bits per heavy atom. The van der Waals surface area contributed by atoms with Crippen LogP contribution in [0.25, 0.3) is 0 Å². The van der Waals surface area contributed by atoms with Gasteiger partial charge in [0.1, 0.15) is 12.4 Å². The molecular weight excluding hydrogens is 511 g/mol. The zero-order valence-electron chi connectivity index (χ0n) is 17.4. The van der Waals surface area contributed by atoms with Crippen molar-refractivity contribution in [3.63, 3.8) is 0 Å². The highest BCUT2D eigenvalue weighted by Crippen LogP contribution is 2.28. The number of ether oxygens (including phenoxy) is 1. The molecule has 0 unspecified atom stereocenters. The topological polar surface area (TPSA) is 32.8 Å². The van der Waals surface area contributed by atoms with Crippen LogP contribution in [0.5, 0.6) is 5.75 Å². The first-order valence-corrected chi connectivity index (χ1v) is 12.0. The summed E-state index contributed by atoms with van der Waals surface area (Å²) in [6, 6.07) is 21.0. The zero-order chi connectivity index (χ0) is 22.5. The van der Waals surface area contributed by atoms with E-state index in [2.05, 4.69) is 26.9 Å². The van der Waals surface area contributed by atoms with Crippen molar-refractivity contribution in [3.05, 3.63) is 97.9 Å². The van der Waals surface area contributed by atoms with Crippen molar-refractivity contribution in [2.75, 3.05) is 26.2 Å². The number of carbonyl (C=O) groups is 1. The first-order valence-electron chi connectivity index (χ1n) is 10.4. The maximum atomic E-state index is 12.9. The molecule has 1 fully saturated rings. The molecule has 4 rings (SSSR count). The van der Waals surface area contributed by atoms with Gasteiger partial charge in [-0.3, -0.25) is 9.69 Å². The van der Waals surface area contributed by atoms with Crippen LogP contribution in [-0.4, -0.2) is 41.9 Å². The van der Waals surface area contributed by atoms with Crippen LogP contribution in [0.15, 0.2) is 71.2 Å². The monoisotopic (exact) mass is 532 g/mol. The van der Waals surface area contributed by atoms with Gasteiger partial charge in [-0.2, -0.15) is 0 Å². The molecule has 0 aliphatic carbocycles. The van der Waals surface area contributed by atoms with Gasteiger partial charge in [0, 0.05) is 47.8 Å². The second-order valence-electron chi connectivity index (χ2n) is 7.72. The quantitative estimate of drug-likeness (QED) is 0.373. The minimum Gasteiger partial charge on any atom is -0.487 e. The van der Waals surface area contributed by atoms with Crippen LogP contribution in [0, 0.1) is 0 Å². The summed E-state index contributed by atoms with van der Waals surface area (Å²) in [5, 5.41) is 1.34. The summed E-state index contributed by atoms with van der Waals surface area (Å²) in [4.78, 5) is 17.2. The van der Waals surface area contributed by atoms with E-state index in [0.717, 1.165) is 40.3 Å². The van der Waals surface area contributed by atoms with E-state index in [9.17, 15) is 4.79 Å². The molecule has 1 amide bonds. The minimum atomic E-state index is 0.0609. The molecule has 0 bridgehead atoms. The second-order valence-corrected chi connectivity index (χ2v) is 9.45. The highest BCUT2D eigenvalue weighted by molar-refractivity contribution is 9.10. The van der Waals surface area contributed by atoms with E-state index < -0.39 is 0 Å². The molecule has 32 heavy (non-hydrogen) atoms. The maximum Gasteiger partial charge on any atom is 0.253 e. The first-order chi connectivity index (χ1) is 15.5. The molecule has 1 saturated heterocycles. The van der Waals surface area contributed by atoms with Crippen molar-refractivity contribution >= 4 is 45.0 Å². The van der Waals surface area contributed by atoms with E-state index in [4.69, 9.17) is 27.9 Å². The third kappa shape index (κ3) is 5.84. The molecule has 3 aromatic carbocycles. The van der Waals surface area contributed by atoms with E-state index in [-0.39, 0.29) is 5.91 Å². The van der Waals surface area contributed by atoms with Crippen LogP contribution in [0.3, 0.4) is 0 Å². The van der Waals surface area contributed by atoms with Gasteiger partial charge in [0.2, 0.25) is 0 Å². The number of piperazine rings is 1. The number of rotatable bonds is 6. The largest absolute Gasteiger partial charge is 0.487 e. The van der Waals surface area contributed by atoms with Gasteiger partial charge in [0.05, 0.1) is 5.02 Å². The summed E-state index contributed by atoms with van der Waals surface area (Å²) < 4.78 is 6.71. The van der Waals surface area contributed by atoms with Crippen molar-refractivity contribution in [2.45, 2.75) is 13.2 Å². The third-order valence-electron chi connectivity index (χ3n) is 5.50. The number of hydrogen-bond acceptors (Lipinski definition) is 3. The molecule has 3 aromatic rings. The number of halogens is 3. The number of carbonyl (C=O) groups excluding carboxylic acids is 1. The van der Waals surface area contributed by atoms with Crippen LogP contribution in [0.4, 0.5) is 0 Å². The molecule has 1 aliphatic rings. The molecule has 1 aliphatic heterocycles. The smallest absolute Gasteiger partial charge is 0.253 e. The van der Waals surface area contributed by atoms with Crippen molar-refractivity contribution in [1.82, 2.24) is 9.80 Å². The summed E-state index contributed by atoms with van der Waals surface area (Å²) in [7, 11) is 0. The molecule has 0 aromatic heterocycles. The van der Waals surface area contributed by atoms with Crippen molar-refractivity contribution < 1.29 is 9.53 Å². The highest BCUT2D eigenvalue weighted by Gasteiger charge is 2.22. The van der Waals surface area contributed by atoms with E-state index in [1.54, 1.807) is 6.07 Å². The Hall–Kier alpha value is -2.05. The molecule has 166 valence electrons. The fourth-order valence-electron chi connectivity index (χ4n) is 3.66. The van der Waals surface area contributed by atoms with Gasteiger partial charge in [0.15, 0.2) is 0 Å². The zero-order valence-corrected chi connectivity index (χ0v) is 20.5. The second kappa shape index (κ2) is 10.7. The lowest BCUT2D eigenvalue weighted by atomic mass is 10.1. The first kappa shape index (κ1) is 23.1. The van der Waals surface area contributed by atoms with Crippen molar-refractivity contribution in [3.8, 4) is 5.75 Å². The average molecular weight is 534 g/mol. The molecule has 0 N–H and O–H groups in total. The lowest BCUT2D eigenvalue weighted by Crippen LogP contribution is -2.48. The average Bonchev–Trinajstić information content (AvgIpc) is 2.80. The third-order valence-corrected chi connectivity index (χ3v) is 6.66. The van der Waals surface area contributed by atoms with E-state index >= 15 is 0 Å². The van der Waals surface area contributed by atoms with Crippen LogP contribution in [-0.2, 0) is 13.2 Å². The Kier molecular flexibility index (Phi) is 7.74. The van der Waals surface area contributed by atoms with Gasteiger partial charge in [-0.1, -0.05) is 69.5 Å². The summed E-state index contributed by atoms with van der Waals surface area (Å²) >= 11 is 15.9. The Balaban J connectivity index is 1.29. The summed E-state index contributed by atoms with van der Waals surface area (Å²) in [5.74, 6) is 0.690. The van der Waals surface area contributed by atoms with E-state index in [1.807, 2.05) is 59.5 Å². The van der Waals surface area contributed by atoms with E-state index in [1.165, 1.54) is 0 Å². The van der Waals surface area contributed by atoms with Gasteiger partial charge in [-0.05, 0) is 47.5 Å².